The molecule has 2 unspecified atom stereocenters. The monoisotopic (exact) mass is 312 g/mol. The number of rotatable bonds is 4. The Hall–Kier alpha value is -0.980. The Kier molecular flexibility index (Phi) is 4.46. The predicted molar refractivity (Wildman–Crippen MR) is 84.2 cm³/mol. The second-order valence-corrected chi connectivity index (χ2v) is 7.59. The van der Waals surface area contributed by atoms with Gasteiger partial charge in [0.25, 0.3) is 0 Å². The molecule has 1 saturated carbocycles. The fourth-order valence-corrected chi connectivity index (χ4v) is 4.63. The van der Waals surface area contributed by atoms with Crippen LogP contribution in [0.15, 0.2) is 23.1 Å². The summed E-state index contributed by atoms with van der Waals surface area (Å²) in [4.78, 5) is 0.729. The first-order valence-corrected chi connectivity index (χ1v) is 8.59. The number of hydrogen-bond donors (Lipinski definition) is 2. The first-order valence-electron chi connectivity index (χ1n) is 6.70. The summed E-state index contributed by atoms with van der Waals surface area (Å²) in [6.45, 7) is 3.75. The molecule has 1 aliphatic carbocycles. The zero-order valence-corrected chi connectivity index (χ0v) is 13.4. The number of benzene rings is 1. The molecule has 0 saturated heterocycles. The standard InChI is InChI=1S/C14H20N2O2S2/c1-9-6-7-13(10(2)8-9)20(17,18)16-12-5-3-4-11(12)14(15)19/h6-8,11-12,16H,3-5H2,1-2H3,(H2,15,19). The molecule has 1 aromatic rings. The van der Waals surface area contributed by atoms with Gasteiger partial charge in [0.15, 0.2) is 0 Å². The normalized spacial score (nSPS) is 22.9. The molecule has 0 spiro atoms. The molecule has 3 N–H and O–H groups in total. The number of nitrogens with one attached hydrogen (secondary N) is 1. The summed E-state index contributed by atoms with van der Waals surface area (Å²) in [5.74, 6) is -0.0365. The highest BCUT2D eigenvalue weighted by Gasteiger charge is 2.33. The van der Waals surface area contributed by atoms with Gasteiger partial charge in [0.05, 0.1) is 9.88 Å². The summed E-state index contributed by atoms with van der Waals surface area (Å²) in [5.41, 5.74) is 7.49. The van der Waals surface area contributed by atoms with Gasteiger partial charge < -0.3 is 5.73 Å². The largest absolute Gasteiger partial charge is 0.393 e. The van der Waals surface area contributed by atoms with Gasteiger partial charge in [0.1, 0.15) is 0 Å². The number of aryl methyl sites for hydroxylation is 2. The van der Waals surface area contributed by atoms with E-state index in [9.17, 15) is 8.42 Å². The average Bonchev–Trinajstić information content (AvgIpc) is 2.75. The van der Waals surface area contributed by atoms with Crippen molar-refractivity contribution >= 4 is 27.2 Å². The topological polar surface area (TPSA) is 72.2 Å². The van der Waals surface area contributed by atoms with Crippen molar-refractivity contribution < 1.29 is 8.42 Å². The van der Waals surface area contributed by atoms with Crippen molar-refractivity contribution in [2.24, 2.45) is 11.7 Å². The number of nitrogens with two attached hydrogens (primary N) is 1. The smallest absolute Gasteiger partial charge is 0.241 e. The van der Waals surface area contributed by atoms with E-state index in [1.165, 1.54) is 0 Å². The first-order chi connectivity index (χ1) is 9.31. The van der Waals surface area contributed by atoms with Gasteiger partial charge in [-0.05, 0) is 38.3 Å². The van der Waals surface area contributed by atoms with Crippen molar-refractivity contribution in [1.82, 2.24) is 4.72 Å². The Morgan fingerprint density at radius 1 is 1.35 bits per heavy atom. The minimum Gasteiger partial charge on any atom is -0.393 e. The second-order valence-electron chi connectivity index (χ2n) is 5.44. The Morgan fingerprint density at radius 3 is 2.65 bits per heavy atom. The number of hydrogen-bond acceptors (Lipinski definition) is 3. The van der Waals surface area contributed by atoms with Crippen molar-refractivity contribution in [2.75, 3.05) is 0 Å². The zero-order chi connectivity index (χ0) is 14.9. The second kappa shape index (κ2) is 5.79. The Bertz CT molecular complexity index is 626. The van der Waals surface area contributed by atoms with E-state index in [4.69, 9.17) is 18.0 Å². The summed E-state index contributed by atoms with van der Waals surface area (Å²) in [6, 6.07) is 5.14. The van der Waals surface area contributed by atoms with Crippen LogP contribution in [0, 0.1) is 19.8 Å². The molecule has 110 valence electrons. The highest BCUT2D eigenvalue weighted by molar-refractivity contribution is 7.89. The molecule has 1 fully saturated rings. The third kappa shape index (κ3) is 3.19. The molecule has 20 heavy (non-hydrogen) atoms. The van der Waals surface area contributed by atoms with Crippen LogP contribution >= 0.6 is 12.2 Å². The van der Waals surface area contributed by atoms with E-state index in [-0.39, 0.29) is 12.0 Å². The first kappa shape index (κ1) is 15.4. The molecule has 0 heterocycles. The van der Waals surface area contributed by atoms with Gasteiger partial charge >= 0.3 is 0 Å². The Balaban J connectivity index is 2.25. The van der Waals surface area contributed by atoms with Crippen LogP contribution < -0.4 is 10.5 Å². The molecule has 2 atom stereocenters. The van der Waals surface area contributed by atoms with E-state index in [1.807, 2.05) is 13.0 Å². The molecule has 0 bridgehead atoms. The minimum atomic E-state index is -3.52. The molecular weight excluding hydrogens is 292 g/mol. The van der Waals surface area contributed by atoms with Crippen LogP contribution in [0.5, 0.6) is 0 Å². The van der Waals surface area contributed by atoms with E-state index in [0.717, 1.165) is 30.4 Å². The van der Waals surface area contributed by atoms with E-state index < -0.39 is 10.0 Å². The molecule has 1 aliphatic rings. The third-order valence-electron chi connectivity index (χ3n) is 3.81. The summed E-state index contributed by atoms with van der Waals surface area (Å²) in [6.07, 6.45) is 2.59. The lowest BCUT2D eigenvalue weighted by molar-refractivity contribution is 0.524. The lowest BCUT2D eigenvalue weighted by Gasteiger charge is -2.20. The molecule has 2 rings (SSSR count). The van der Waals surface area contributed by atoms with Crippen molar-refractivity contribution in [3.05, 3.63) is 29.3 Å². The van der Waals surface area contributed by atoms with Crippen LogP contribution in [0.4, 0.5) is 0 Å². The Labute approximate surface area is 125 Å². The quantitative estimate of drug-likeness (QED) is 0.835. The van der Waals surface area contributed by atoms with E-state index in [0.29, 0.717) is 9.88 Å². The summed E-state index contributed by atoms with van der Waals surface area (Å²) in [5, 5.41) is 0. The summed E-state index contributed by atoms with van der Waals surface area (Å²) >= 11 is 5.02. The van der Waals surface area contributed by atoms with Crippen molar-refractivity contribution in [3.63, 3.8) is 0 Å². The molecule has 0 aromatic heterocycles. The fraction of sp³-hybridized carbons (Fsp3) is 0.500. The van der Waals surface area contributed by atoms with Crippen LogP contribution in [0.25, 0.3) is 0 Å². The molecule has 4 nitrogen and oxygen atoms in total. The molecule has 0 radical (unpaired) electrons. The molecule has 0 aliphatic heterocycles. The molecule has 0 amide bonds. The lowest BCUT2D eigenvalue weighted by Crippen LogP contribution is -2.41. The average molecular weight is 312 g/mol. The zero-order valence-electron chi connectivity index (χ0n) is 11.7. The van der Waals surface area contributed by atoms with Crippen molar-refractivity contribution in [3.8, 4) is 0 Å². The van der Waals surface area contributed by atoms with E-state index in [1.54, 1.807) is 19.1 Å². The van der Waals surface area contributed by atoms with Gasteiger partial charge in [0.2, 0.25) is 10.0 Å². The third-order valence-corrected chi connectivity index (χ3v) is 5.76. The molecule has 6 heteroatoms. The number of thiocarbonyl (C=S) groups is 1. The highest BCUT2D eigenvalue weighted by Crippen LogP contribution is 2.28. The van der Waals surface area contributed by atoms with Crippen molar-refractivity contribution in [2.45, 2.75) is 44.0 Å². The minimum absolute atomic E-state index is 0.0365. The maximum Gasteiger partial charge on any atom is 0.241 e. The summed E-state index contributed by atoms with van der Waals surface area (Å²) in [7, 11) is -3.52. The van der Waals surface area contributed by atoms with E-state index >= 15 is 0 Å². The number of sulfonamides is 1. The molecular formula is C14H20N2O2S2. The van der Waals surface area contributed by atoms with Crippen LogP contribution in [-0.2, 0) is 10.0 Å². The van der Waals surface area contributed by atoms with Crippen LogP contribution in [0.1, 0.15) is 30.4 Å². The summed E-state index contributed by atoms with van der Waals surface area (Å²) < 4.78 is 27.8. The van der Waals surface area contributed by atoms with Crippen LogP contribution in [-0.4, -0.2) is 19.4 Å². The van der Waals surface area contributed by atoms with Crippen LogP contribution in [0.3, 0.4) is 0 Å². The van der Waals surface area contributed by atoms with Crippen molar-refractivity contribution in [1.29, 1.82) is 0 Å². The lowest BCUT2D eigenvalue weighted by atomic mass is 10.1. The van der Waals surface area contributed by atoms with E-state index in [2.05, 4.69) is 4.72 Å². The van der Waals surface area contributed by atoms with Crippen LogP contribution in [0.2, 0.25) is 0 Å². The van der Waals surface area contributed by atoms with Gasteiger partial charge in [0, 0.05) is 12.0 Å². The predicted octanol–water partition coefficient (Wildman–Crippen LogP) is 2.04. The van der Waals surface area contributed by atoms with Gasteiger partial charge in [-0.2, -0.15) is 0 Å². The highest BCUT2D eigenvalue weighted by atomic mass is 32.2. The molecule has 1 aromatic carbocycles. The SMILES string of the molecule is Cc1ccc(S(=O)(=O)NC2CCCC2C(N)=S)c(C)c1. The maximum absolute atomic E-state index is 12.5. The van der Waals surface area contributed by atoms with Gasteiger partial charge in [-0.15, -0.1) is 0 Å². The van der Waals surface area contributed by atoms with Gasteiger partial charge in [-0.3, -0.25) is 0 Å². The van der Waals surface area contributed by atoms with Gasteiger partial charge in [-0.1, -0.05) is 36.3 Å². The maximum atomic E-state index is 12.5. The Morgan fingerprint density at radius 2 is 2.05 bits per heavy atom. The fourth-order valence-electron chi connectivity index (χ4n) is 2.81. The van der Waals surface area contributed by atoms with Gasteiger partial charge in [-0.25, -0.2) is 13.1 Å².